The van der Waals surface area contributed by atoms with Crippen LogP contribution in [0.5, 0.6) is 0 Å². The zero-order valence-corrected chi connectivity index (χ0v) is 13.5. The van der Waals surface area contributed by atoms with Crippen molar-refractivity contribution in [1.82, 2.24) is 15.1 Å². The van der Waals surface area contributed by atoms with Gasteiger partial charge in [0.25, 0.3) is 9.05 Å². The van der Waals surface area contributed by atoms with Crippen molar-refractivity contribution in [2.75, 3.05) is 6.54 Å². The molecule has 1 heterocycles. The molecule has 6 nitrogen and oxygen atoms in total. The number of carbonyl (C=O) groups is 1. The van der Waals surface area contributed by atoms with Gasteiger partial charge < -0.3 is 5.32 Å². The second-order valence-corrected chi connectivity index (χ2v) is 6.80. The summed E-state index contributed by atoms with van der Waals surface area (Å²) in [5.74, 6) is -0.0848. The minimum atomic E-state index is -3.83. The number of nitrogens with zero attached hydrogens (tertiary/aromatic N) is 2. The summed E-state index contributed by atoms with van der Waals surface area (Å²) in [6, 6.07) is 0. The Labute approximate surface area is 123 Å². The molecular formula is C12H20ClN3O3S. The fourth-order valence-corrected chi connectivity index (χ4v) is 3.60. The van der Waals surface area contributed by atoms with Crippen LogP contribution in [0.25, 0.3) is 0 Å². The molecule has 1 N–H and O–H groups in total. The van der Waals surface area contributed by atoms with E-state index in [9.17, 15) is 13.2 Å². The first-order valence-electron chi connectivity index (χ1n) is 6.64. The normalized spacial score (nSPS) is 11.6. The Balaban J connectivity index is 3.09. The summed E-state index contributed by atoms with van der Waals surface area (Å²) in [5.41, 5.74) is 1.01. The predicted octanol–water partition coefficient (Wildman–Crippen LogP) is 1.46. The molecule has 20 heavy (non-hydrogen) atoms. The molecule has 0 fully saturated rings. The number of rotatable bonds is 7. The highest BCUT2D eigenvalue weighted by molar-refractivity contribution is 8.13. The highest BCUT2D eigenvalue weighted by atomic mass is 35.7. The van der Waals surface area contributed by atoms with E-state index in [1.807, 2.05) is 20.8 Å². The first kappa shape index (κ1) is 17.0. The van der Waals surface area contributed by atoms with Crippen LogP contribution in [-0.2, 0) is 33.2 Å². The number of halogens is 1. The third kappa shape index (κ3) is 3.96. The number of nitrogens with one attached hydrogen (secondary N) is 1. The Hall–Kier alpha value is -1.08. The lowest BCUT2D eigenvalue weighted by Crippen LogP contribution is -2.24. The van der Waals surface area contributed by atoms with Gasteiger partial charge in [-0.2, -0.15) is 5.10 Å². The molecule has 1 aromatic heterocycles. The van der Waals surface area contributed by atoms with Gasteiger partial charge >= 0.3 is 0 Å². The number of hydrogen-bond donors (Lipinski definition) is 1. The van der Waals surface area contributed by atoms with Crippen molar-refractivity contribution in [3.8, 4) is 0 Å². The van der Waals surface area contributed by atoms with E-state index in [1.54, 1.807) is 4.68 Å². The van der Waals surface area contributed by atoms with Crippen molar-refractivity contribution in [1.29, 1.82) is 0 Å². The van der Waals surface area contributed by atoms with Crippen molar-refractivity contribution in [2.45, 2.75) is 51.5 Å². The summed E-state index contributed by atoms with van der Waals surface area (Å²) in [5, 5.41) is 6.97. The molecule has 0 atom stereocenters. The van der Waals surface area contributed by atoms with Gasteiger partial charge in [-0.25, -0.2) is 8.42 Å². The maximum atomic E-state index is 11.7. The molecule has 8 heteroatoms. The van der Waals surface area contributed by atoms with E-state index in [1.165, 1.54) is 0 Å². The van der Waals surface area contributed by atoms with Crippen LogP contribution in [0.3, 0.4) is 0 Å². The van der Waals surface area contributed by atoms with Crippen LogP contribution >= 0.6 is 10.7 Å². The van der Waals surface area contributed by atoms with Gasteiger partial charge in [-0.1, -0.05) is 13.8 Å². The van der Waals surface area contributed by atoms with Crippen LogP contribution < -0.4 is 5.32 Å². The molecular weight excluding hydrogens is 302 g/mol. The van der Waals surface area contributed by atoms with E-state index in [0.29, 0.717) is 37.3 Å². The number of amides is 1. The number of carbonyl (C=O) groups excluding carboxylic acids is 1. The Morgan fingerprint density at radius 1 is 1.30 bits per heavy atom. The van der Waals surface area contributed by atoms with E-state index in [0.717, 1.165) is 0 Å². The van der Waals surface area contributed by atoms with Gasteiger partial charge in [0.05, 0.1) is 17.9 Å². The molecule has 0 bridgehead atoms. The quantitative estimate of drug-likeness (QED) is 0.771. The third-order valence-electron chi connectivity index (χ3n) is 2.92. The van der Waals surface area contributed by atoms with E-state index in [-0.39, 0.29) is 17.2 Å². The SMILES string of the molecule is CCNC(=O)CCn1nc(CC)c(S(=O)(=O)Cl)c1CC. The van der Waals surface area contributed by atoms with E-state index >= 15 is 0 Å². The van der Waals surface area contributed by atoms with Gasteiger partial charge in [0.2, 0.25) is 5.91 Å². The van der Waals surface area contributed by atoms with Gasteiger partial charge in [-0.05, 0) is 19.8 Å². The fraction of sp³-hybridized carbons (Fsp3) is 0.667. The molecule has 0 saturated heterocycles. The average Bonchev–Trinajstić information content (AvgIpc) is 2.74. The lowest BCUT2D eigenvalue weighted by molar-refractivity contribution is -0.121. The van der Waals surface area contributed by atoms with Crippen molar-refractivity contribution in [3.63, 3.8) is 0 Å². The third-order valence-corrected chi connectivity index (χ3v) is 4.34. The lowest BCUT2D eigenvalue weighted by Gasteiger charge is -2.06. The zero-order valence-electron chi connectivity index (χ0n) is 11.9. The Kier molecular flexibility index (Phi) is 6.01. The Bertz CT molecular complexity index is 581. The summed E-state index contributed by atoms with van der Waals surface area (Å²) < 4.78 is 24.9. The minimum absolute atomic E-state index is 0.0848. The monoisotopic (exact) mass is 321 g/mol. The smallest absolute Gasteiger partial charge is 0.264 e. The zero-order chi connectivity index (χ0) is 15.3. The summed E-state index contributed by atoms with van der Waals surface area (Å²) in [6.45, 7) is 6.41. The van der Waals surface area contributed by atoms with Crippen LogP contribution in [0.4, 0.5) is 0 Å². The second-order valence-electron chi connectivity index (χ2n) is 4.29. The highest BCUT2D eigenvalue weighted by Crippen LogP contribution is 2.25. The molecule has 0 aliphatic carbocycles. The molecule has 1 rings (SSSR count). The van der Waals surface area contributed by atoms with Crippen LogP contribution in [0.1, 0.15) is 38.6 Å². The largest absolute Gasteiger partial charge is 0.356 e. The van der Waals surface area contributed by atoms with Gasteiger partial charge in [0, 0.05) is 23.6 Å². The van der Waals surface area contributed by atoms with Gasteiger partial charge in [0.15, 0.2) is 0 Å². The molecule has 0 radical (unpaired) electrons. The maximum absolute atomic E-state index is 11.7. The number of hydrogen-bond acceptors (Lipinski definition) is 4. The number of aryl methyl sites for hydroxylation is 2. The molecule has 0 unspecified atom stereocenters. The summed E-state index contributed by atoms with van der Waals surface area (Å²) in [4.78, 5) is 11.6. The van der Waals surface area contributed by atoms with Crippen LogP contribution in [0.15, 0.2) is 4.90 Å². The average molecular weight is 322 g/mol. The molecule has 1 amide bonds. The van der Waals surface area contributed by atoms with Crippen LogP contribution in [-0.4, -0.2) is 30.7 Å². The van der Waals surface area contributed by atoms with Crippen molar-refractivity contribution in [3.05, 3.63) is 11.4 Å². The topological polar surface area (TPSA) is 81.1 Å². The van der Waals surface area contributed by atoms with Gasteiger partial charge in [-0.15, -0.1) is 0 Å². The first-order chi connectivity index (χ1) is 9.35. The molecule has 0 spiro atoms. The summed E-state index contributed by atoms with van der Waals surface area (Å²) in [7, 11) is 1.66. The maximum Gasteiger partial charge on any atom is 0.264 e. The van der Waals surface area contributed by atoms with Crippen LogP contribution in [0.2, 0.25) is 0 Å². The standard InChI is InChI=1S/C12H20ClN3O3S/c1-4-9-12(20(13,18)19)10(5-2)16(15-9)8-7-11(17)14-6-3/h4-8H2,1-3H3,(H,14,17). The first-order valence-corrected chi connectivity index (χ1v) is 8.95. The van der Waals surface area contributed by atoms with Crippen LogP contribution in [0, 0.1) is 0 Å². The predicted molar refractivity (Wildman–Crippen MR) is 77.3 cm³/mol. The summed E-state index contributed by atoms with van der Waals surface area (Å²) in [6.07, 6.45) is 1.22. The van der Waals surface area contributed by atoms with E-state index in [2.05, 4.69) is 10.4 Å². The molecule has 0 aliphatic heterocycles. The highest BCUT2D eigenvalue weighted by Gasteiger charge is 2.25. The summed E-state index contributed by atoms with van der Waals surface area (Å²) >= 11 is 0. The lowest BCUT2D eigenvalue weighted by atomic mass is 10.2. The number of aromatic nitrogens is 2. The van der Waals surface area contributed by atoms with Crippen molar-refractivity contribution in [2.24, 2.45) is 0 Å². The van der Waals surface area contributed by atoms with Gasteiger partial charge in [0.1, 0.15) is 4.90 Å². The van der Waals surface area contributed by atoms with Crippen molar-refractivity contribution >= 4 is 25.6 Å². The molecule has 0 aliphatic rings. The second kappa shape index (κ2) is 7.08. The van der Waals surface area contributed by atoms with Crippen molar-refractivity contribution < 1.29 is 13.2 Å². The van der Waals surface area contributed by atoms with Gasteiger partial charge in [-0.3, -0.25) is 9.48 Å². The molecule has 1 aromatic rings. The molecule has 0 aromatic carbocycles. The van der Waals surface area contributed by atoms with E-state index < -0.39 is 9.05 Å². The Morgan fingerprint density at radius 2 is 1.95 bits per heavy atom. The molecule has 0 saturated carbocycles. The Morgan fingerprint density at radius 3 is 2.40 bits per heavy atom. The van der Waals surface area contributed by atoms with E-state index in [4.69, 9.17) is 10.7 Å². The fourth-order valence-electron chi connectivity index (χ4n) is 2.07. The minimum Gasteiger partial charge on any atom is -0.356 e. The molecule has 114 valence electrons.